The van der Waals surface area contributed by atoms with E-state index in [1.165, 1.54) is 6.08 Å². The molecule has 53 heavy (non-hydrogen) atoms. The molecular weight excluding hydrogens is 659 g/mol. The van der Waals surface area contributed by atoms with Crippen molar-refractivity contribution in [3.05, 3.63) is 180 Å². The number of para-hydroxylation sites is 2. The van der Waals surface area contributed by atoms with Crippen molar-refractivity contribution in [3.8, 4) is 0 Å². The topological polar surface area (TPSA) is 97.2 Å². The zero-order valence-corrected chi connectivity index (χ0v) is 29.8. The normalized spacial score (nSPS) is 11.6. The molecule has 0 N–H and O–H groups in total. The van der Waals surface area contributed by atoms with Gasteiger partial charge in [0.1, 0.15) is 0 Å². The van der Waals surface area contributed by atoms with Crippen LogP contribution in [0.1, 0.15) is 46.4 Å². The second kappa shape index (κ2) is 17.4. The zero-order chi connectivity index (χ0) is 36.2. The standard InChI is InChI=1S/C44H41N7O2/c1-2-53-42(52)22-21-39-40-19-11-13-33(27-50(29-35-15-3-7-23-45-35)30-36-16-4-8-24-46-36)43(40)49-44-34(14-12-20-41(39)44)28-51(31-37-17-5-9-25-47-37)32-38-18-6-10-26-48-38/h3-26H,2,27-32H2,1H3/b22-21+. The summed E-state index contributed by atoms with van der Waals surface area (Å²) in [4.78, 5) is 41.3. The fourth-order valence-electron chi connectivity index (χ4n) is 6.62. The van der Waals surface area contributed by atoms with E-state index in [2.05, 4.69) is 66.1 Å². The third kappa shape index (κ3) is 9.20. The van der Waals surface area contributed by atoms with E-state index in [4.69, 9.17) is 9.72 Å². The molecule has 0 spiro atoms. The third-order valence-corrected chi connectivity index (χ3v) is 8.95. The van der Waals surface area contributed by atoms with Crippen LogP contribution in [0, 0.1) is 0 Å². The predicted octanol–water partition coefficient (Wildman–Crippen LogP) is 7.95. The largest absolute Gasteiger partial charge is 0.463 e. The molecule has 0 aliphatic carbocycles. The smallest absolute Gasteiger partial charge is 0.330 e. The summed E-state index contributed by atoms with van der Waals surface area (Å²) in [6.07, 6.45) is 10.7. The molecule has 0 atom stereocenters. The number of aromatic nitrogens is 5. The molecule has 5 heterocycles. The highest BCUT2D eigenvalue weighted by molar-refractivity contribution is 6.06. The van der Waals surface area contributed by atoms with Crippen LogP contribution in [-0.2, 0) is 48.8 Å². The number of hydrogen-bond donors (Lipinski definition) is 0. The first kappa shape index (κ1) is 35.3. The summed E-state index contributed by atoms with van der Waals surface area (Å²) < 4.78 is 5.29. The van der Waals surface area contributed by atoms with E-state index in [0.29, 0.717) is 45.9 Å². The van der Waals surface area contributed by atoms with Gasteiger partial charge >= 0.3 is 5.97 Å². The van der Waals surface area contributed by atoms with Crippen molar-refractivity contribution < 1.29 is 9.53 Å². The summed E-state index contributed by atoms with van der Waals surface area (Å²) in [5.74, 6) is -0.383. The van der Waals surface area contributed by atoms with Gasteiger partial charge in [0.2, 0.25) is 0 Å². The van der Waals surface area contributed by atoms with Gasteiger partial charge in [0.05, 0.1) is 40.4 Å². The summed E-state index contributed by atoms with van der Waals surface area (Å²) in [7, 11) is 0. The summed E-state index contributed by atoms with van der Waals surface area (Å²) in [6, 6.07) is 36.6. The van der Waals surface area contributed by atoms with Gasteiger partial charge in [0.25, 0.3) is 0 Å². The minimum Gasteiger partial charge on any atom is -0.463 e. The Balaban J connectivity index is 1.33. The lowest BCUT2D eigenvalue weighted by molar-refractivity contribution is -0.137. The van der Waals surface area contributed by atoms with Gasteiger partial charge in [-0.15, -0.1) is 0 Å². The molecule has 0 saturated carbocycles. The van der Waals surface area contributed by atoms with E-state index in [1.54, 1.807) is 0 Å². The number of esters is 1. The van der Waals surface area contributed by atoms with Crippen LogP contribution in [0.15, 0.2) is 140 Å². The number of pyridine rings is 5. The lowest BCUT2D eigenvalue weighted by Crippen LogP contribution is -2.24. The van der Waals surface area contributed by atoms with Gasteiger partial charge in [-0.05, 0) is 78.2 Å². The van der Waals surface area contributed by atoms with Crippen molar-refractivity contribution in [1.82, 2.24) is 34.7 Å². The van der Waals surface area contributed by atoms with Gasteiger partial charge in [-0.2, -0.15) is 0 Å². The SMILES string of the molecule is CCOC(=O)/C=C/c1c2cccc(CN(Cc3ccccn3)Cc3ccccn3)c2nc2c(CN(Cc3ccccn3)Cc3ccccn3)cccc12. The Kier molecular flexibility index (Phi) is 11.6. The molecular formula is C44H41N7O2. The Labute approximate surface area is 309 Å². The molecule has 0 unspecified atom stereocenters. The van der Waals surface area contributed by atoms with Crippen LogP contribution in [0.2, 0.25) is 0 Å². The summed E-state index contributed by atoms with van der Waals surface area (Å²) in [5.41, 5.74) is 8.71. The molecule has 264 valence electrons. The van der Waals surface area contributed by atoms with Gasteiger partial charge in [-0.1, -0.05) is 60.7 Å². The summed E-state index contributed by atoms with van der Waals surface area (Å²) in [6.45, 7) is 5.88. The molecule has 9 heteroatoms. The van der Waals surface area contributed by atoms with E-state index in [0.717, 1.165) is 61.3 Å². The Morgan fingerprint density at radius 3 is 1.32 bits per heavy atom. The number of rotatable bonds is 15. The summed E-state index contributed by atoms with van der Waals surface area (Å²) in [5, 5.41) is 1.92. The van der Waals surface area contributed by atoms with Crippen LogP contribution < -0.4 is 0 Å². The molecule has 5 aromatic heterocycles. The summed E-state index contributed by atoms with van der Waals surface area (Å²) >= 11 is 0. The van der Waals surface area contributed by atoms with Crippen LogP contribution in [0.4, 0.5) is 0 Å². The number of ether oxygens (including phenoxy) is 1. The number of benzene rings is 2. The van der Waals surface area contributed by atoms with Gasteiger partial charge in [0.15, 0.2) is 0 Å². The molecule has 0 amide bonds. The minimum atomic E-state index is -0.383. The van der Waals surface area contributed by atoms with Gasteiger partial charge < -0.3 is 4.74 Å². The maximum absolute atomic E-state index is 12.6. The second-order valence-corrected chi connectivity index (χ2v) is 12.8. The molecule has 7 aromatic rings. The number of nitrogens with zero attached hydrogens (tertiary/aromatic N) is 7. The van der Waals surface area contributed by atoms with Crippen molar-refractivity contribution >= 4 is 33.9 Å². The van der Waals surface area contributed by atoms with Crippen molar-refractivity contribution in [2.75, 3.05) is 6.61 Å². The van der Waals surface area contributed by atoms with Crippen molar-refractivity contribution in [2.24, 2.45) is 0 Å². The highest BCUT2D eigenvalue weighted by Crippen LogP contribution is 2.32. The molecule has 7 rings (SSSR count). The Bertz CT molecular complexity index is 2060. The Morgan fingerprint density at radius 1 is 0.547 bits per heavy atom. The van der Waals surface area contributed by atoms with E-state index < -0.39 is 0 Å². The average Bonchev–Trinajstić information content (AvgIpc) is 3.19. The van der Waals surface area contributed by atoms with Crippen molar-refractivity contribution in [2.45, 2.75) is 46.2 Å². The van der Waals surface area contributed by atoms with Crippen molar-refractivity contribution in [3.63, 3.8) is 0 Å². The molecule has 9 nitrogen and oxygen atoms in total. The average molecular weight is 700 g/mol. The molecule has 0 aliphatic rings. The number of hydrogen-bond acceptors (Lipinski definition) is 9. The molecule has 0 saturated heterocycles. The number of carbonyl (C=O) groups excluding carboxylic acids is 1. The quantitative estimate of drug-likeness (QED) is 0.0600. The van der Waals surface area contributed by atoms with Crippen LogP contribution in [0.5, 0.6) is 0 Å². The van der Waals surface area contributed by atoms with E-state index >= 15 is 0 Å². The lowest BCUT2D eigenvalue weighted by atomic mass is 9.97. The Hall–Kier alpha value is -6.16. The Morgan fingerprint density at radius 2 is 0.962 bits per heavy atom. The highest BCUT2D eigenvalue weighted by atomic mass is 16.5. The van der Waals surface area contributed by atoms with Gasteiger partial charge in [0, 0.05) is 80.9 Å². The van der Waals surface area contributed by atoms with Crippen LogP contribution in [-0.4, -0.2) is 47.3 Å². The fourth-order valence-corrected chi connectivity index (χ4v) is 6.62. The van der Waals surface area contributed by atoms with Gasteiger partial charge in [-0.25, -0.2) is 9.78 Å². The fraction of sp³-hybridized carbons (Fsp3) is 0.182. The second-order valence-electron chi connectivity index (χ2n) is 12.8. The molecule has 0 fully saturated rings. The van der Waals surface area contributed by atoms with Crippen LogP contribution in [0.25, 0.3) is 27.9 Å². The van der Waals surface area contributed by atoms with Crippen LogP contribution in [0.3, 0.4) is 0 Å². The predicted molar refractivity (Wildman–Crippen MR) is 208 cm³/mol. The van der Waals surface area contributed by atoms with E-state index in [9.17, 15) is 4.79 Å². The van der Waals surface area contributed by atoms with Gasteiger partial charge in [-0.3, -0.25) is 29.7 Å². The number of carbonyl (C=O) groups is 1. The first-order valence-corrected chi connectivity index (χ1v) is 17.9. The maximum Gasteiger partial charge on any atom is 0.330 e. The minimum absolute atomic E-state index is 0.306. The molecule has 0 bridgehead atoms. The zero-order valence-electron chi connectivity index (χ0n) is 29.8. The lowest BCUT2D eigenvalue weighted by Gasteiger charge is -2.24. The monoisotopic (exact) mass is 699 g/mol. The van der Waals surface area contributed by atoms with E-state index in [1.807, 2.05) is 111 Å². The first-order chi connectivity index (χ1) is 26.1. The maximum atomic E-state index is 12.6. The van der Waals surface area contributed by atoms with E-state index in [-0.39, 0.29) is 5.97 Å². The first-order valence-electron chi connectivity index (χ1n) is 17.9. The van der Waals surface area contributed by atoms with Crippen LogP contribution >= 0.6 is 0 Å². The third-order valence-electron chi connectivity index (χ3n) is 8.95. The highest BCUT2D eigenvalue weighted by Gasteiger charge is 2.18. The number of fused-ring (bicyclic) bond motifs is 2. The molecule has 0 aliphatic heterocycles. The molecule has 2 aromatic carbocycles. The molecule has 0 radical (unpaired) electrons. The van der Waals surface area contributed by atoms with Crippen molar-refractivity contribution in [1.29, 1.82) is 0 Å².